The molecule has 2 heterocycles. The minimum Gasteiger partial charge on any atom is -0.314 e. The van der Waals surface area contributed by atoms with Gasteiger partial charge in [0.15, 0.2) is 0 Å². The highest BCUT2D eigenvalue weighted by molar-refractivity contribution is 5.85. The molecule has 78 valence electrons. The minimum atomic E-state index is 0. The lowest BCUT2D eigenvalue weighted by Crippen LogP contribution is -2.22. The maximum Gasteiger partial charge on any atom is 0.250 e. The summed E-state index contributed by atoms with van der Waals surface area (Å²) < 4.78 is 1.74. The van der Waals surface area contributed by atoms with Gasteiger partial charge in [0.25, 0.3) is 5.56 Å². The number of pyridine rings is 1. The number of hydrogen-bond donors (Lipinski definition) is 1. The first-order valence-electron chi connectivity index (χ1n) is 4.54. The smallest absolute Gasteiger partial charge is 0.250 e. The van der Waals surface area contributed by atoms with Gasteiger partial charge in [-0.1, -0.05) is 0 Å². The second-order valence-corrected chi connectivity index (χ2v) is 3.69. The molecule has 3 nitrogen and oxygen atoms in total. The third kappa shape index (κ3) is 1.47. The van der Waals surface area contributed by atoms with E-state index in [1.807, 2.05) is 14.0 Å². The molecule has 14 heavy (non-hydrogen) atoms. The highest BCUT2D eigenvalue weighted by Gasteiger charge is 2.22. The third-order valence-corrected chi connectivity index (χ3v) is 2.81. The number of nitrogens with one attached hydrogen (secondary N) is 1. The molecule has 0 spiro atoms. The fraction of sp³-hybridized carbons (Fsp3) is 0.500. The van der Waals surface area contributed by atoms with E-state index in [1.165, 1.54) is 5.56 Å². The first kappa shape index (κ1) is 11.3. The lowest BCUT2D eigenvalue weighted by atomic mass is 10.1. The monoisotopic (exact) mass is 214 g/mol. The van der Waals surface area contributed by atoms with Gasteiger partial charge >= 0.3 is 0 Å². The number of aryl methyl sites for hydroxylation is 1. The van der Waals surface area contributed by atoms with Crippen LogP contribution in [0.15, 0.2) is 10.9 Å². The summed E-state index contributed by atoms with van der Waals surface area (Å²) in [6, 6.07) is 2.01. The zero-order valence-electron chi connectivity index (χ0n) is 8.63. The molecule has 1 aliphatic rings. The van der Waals surface area contributed by atoms with Gasteiger partial charge in [0.2, 0.25) is 0 Å². The molecule has 1 atom stereocenters. The van der Waals surface area contributed by atoms with Gasteiger partial charge in [-0.25, -0.2) is 0 Å². The summed E-state index contributed by atoms with van der Waals surface area (Å²) in [6.07, 6.45) is 0. The quantitative estimate of drug-likeness (QED) is 0.706. The Labute approximate surface area is 89.5 Å². The highest BCUT2D eigenvalue weighted by atomic mass is 35.5. The average Bonchev–Trinajstić information content (AvgIpc) is 2.44. The standard InChI is InChI=1S/C10H14N2O.ClH/c1-6-4-9(13)12(3)10-7(2)11-5-8(6)10;/h4,7,11H,5H2,1-3H3;1H. The molecule has 0 fully saturated rings. The Kier molecular flexibility index (Phi) is 3.02. The van der Waals surface area contributed by atoms with Crippen molar-refractivity contribution in [2.75, 3.05) is 0 Å². The van der Waals surface area contributed by atoms with Crippen LogP contribution in [0.25, 0.3) is 0 Å². The Morgan fingerprint density at radius 1 is 1.57 bits per heavy atom. The van der Waals surface area contributed by atoms with Crippen molar-refractivity contribution in [1.29, 1.82) is 0 Å². The maximum atomic E-state index is 11.5. The molecule has 2 rings (SSSR count). The summed E-state index contributed by atoms with van der Waals surface area (Å²) in [5, 5.41) is 3.33. The molecular formula is C10H15ClN2O. The SMILES string of the molecule is Cc1cc(=O)n(C)c2c1CNC2C.Cl. The van der Waals surface area contributed by atoms with Crippen LogP contribution in [0.2, 0.25) is 0 Å². The third-order valence-electron chi connectivity index (χ3n) is 2.81. The van der Waals surface area contributed by atoms with Crippen LogP contribution in [0.3, 0.4) is 0 Å². The summed E-state index contributed by atoms with van der Waals surface area (Å²) >= 11 is 0. The predicted octanol–water partition coefficient (Wildman–Crippen LogP) is 1.28. The second-order valence-electron chi connectivity index (χ2n) is 3.69. The number of rotatable bonds is 0. The Hall–Kier alpha value is -0.800. The van der Waals surface area contributed by atoms with Crippen molar-refractivity contribution >= 4 is 12.4 Å². The molecule has 1 unspecified atom stereocenters. The summed E-state index contributed by atoms with van der Waals surface area (Å²) in [5.41, 5.74) is 3.63. The van der Waals surface area contributed by atoms with Gasteiger partial charge in [0.1, 0.15) is 0 Å². The van der Waals surface area contributed by atoms with E-state index in [-0.39, 0.29) is 18.0 Å². The van der Waals surface area contributed by atoms with Gasteiger partial charge < -0.3 is 9.88 Å². The van der Waals surface area contributed by atoms with E-state index in [0.29, 0.717) is 6.04 Å². The molecule has 0 saturated carbocycles. The van der Waals surface area contributed by atoms with Crippen LogP contribution in [-0.2, 0) is 13.6 Å². The van der Waals surface area contributed by atoms with Crippen LogP contribution in [0.5, 0.6) is 0 Å². The van der Waals surface area contributed by atoms with E-state index < -0.39 is 0 Å². The average molecular weight is 215 g/mol. The molecule has 0 amide bonds. The van der Waals surface area contributed by atoms with Crippen molar-refractivity contribution < 1.29 is 0 Å². The van der Waals surface area contributed by atoms with E-state index >= 15 is 0 Å². The van der Waals surface area contributed by atoms with Crippen LogP contribution in [0.4, 0.5) is 0 Å². The molecule has 0 saturated heterocycles. The summed E-state index contributed by atoms with van der Waals surface area (Å²) in [4.78, 5) is 11.5. The van der Waals surface area contributed by atoms with Gasteiger partial charge in [-0.05, 0) is 25.0 Å². The number of aromatic nitrogens is 1. The van der Waals surface area contributed by atoms with Gasteiger partial charge in [0, 0.05) is 31.4 Å². The van der Waals surface area contributed by atoms with Crippen molar-refractivity contribution in [3.63, 3.8) is 0 Å². The normalized spacial score (nSPS) is 18.9. The van der Waals surface area contributed by atoms with Crippen LogP contribution in [0, 0.1) is 6.92 Å². The van der Waals surface area contributed by atoms with Crippen LogP contribution >= 0.6 is 12.4 Å². The first-order chi connectivity index (χ1) is 6.11. The van der Waals surface area contributed by atoms with Crippen molar-refractivity contribution in [3.8, 4) is 0 Å². The van der Waals surface area contributed by atoms with E-state index in [2.05, 4.69) is 12.2 Å². The van der Waals surface area contributed by atoms with E-state index in [1.54, 1.807) is 10.6 Å². The van der Waals surface area contributed by atoms with E-state index in [4.69, 9.17) is 0 Å². The second kappa shape index (κ2) is 3.75. The molecule has 1 N–H and O–H groups in total. The number of nitrogens with zero attached hydrogens (tertiary/aromatic N) is 1. The molecular weight excluding hydrogens is 200 g/mol. The fourth-order valence-electron chi connectivity index (χ4n) is 2.03. The van der Waals surface area contributed by atoms with Gasteiger partial charge in [-0.15, -0.1) is 12.4 Å². The van der Waals surface area contributed by atoms with E-state index in [9.17, 15) is 4.79 Å². The molecule has 0 radical (unpaired) electrons. The molecule has 0 aliphatic carbocycles. The zero-order valence-corrected chi connectivity index (χ0v) is 9.44. The van der Waals surface area contributed by atoms with Gasteiger partial charge in [-0.2, -0.15) is 0 Å². The zero-order chi connectivity index (χ0) is 9.59. The largest absolute Gasteiger partial charge is 0.314 e. The molecule has 4 heteroatoms. The first-order valence-corrected chi connectivity index (χ1v) is 4.54. The Morgan fingerprint density at radius 2 is 2.21 bits per heavy atom. The number of halogens is 1. The molecule has 1 aromatic heterocycles. The fourth-order valence-corrected chi connectivity index (χ4v) is 2.03. The van der Waals surface area contributed by atoms with Gasteiger partial charge in [0.05, 0.1) is 0 Å². The van der Waals surface area contributed by atoms with Crippen LogP contribution in [-0.4, -0.2) is 4.57 Å². The van der Waals surface area contributed by atoms with E-state index in [0.717, 1.165) is 17.8 Å². The summed E-state index contributed by atoms with van der Waals surface area (Å²) in [5.74, 6) is 0. The lowest BCUT2D eigenvalue weighted by molar-refractivity contribution is 0.598. The van der Waals surface area contributed by atoms with Crippen molar-refractivity contribution in [3.05, 3.63) is 33.2 Å². The van der Waals surface area contributed by atoms with Crippen molar-refractivity contribution in [2.45, 2.75) is 26.4 Å². The lowest BCUT2D eigenvalue weighted by Gasteiger charge is -2.11. The summed E-state index contributed by atoms with van der Waals surface area (Å²) in [7, 11) is 1.84. The topological polar surface area (TPSA) is 34.0 Å². The Balaban J connectivity index is 0.000000980. The highest BCUT2D eigenvalue weighted by Crippen LogP contribution is 2.24. The van der Waals surface area contributed by atoms with Crippen molar-refractivity contribution in [1.82, 2.24) is 9.88 Å². The Morgan fingerprint density at radius 3 is 2.86 bits per heavy atom. The van der Waals surface area contributed by atoms with Gasteiger partial charge in [-0.3, -0.25) is 4.79 Å². The molecule has 0 bridgehead atoms. The minimum absolute atomic E-state index is 0. The number of hydrogen-bond acceptors (Lipinski definition) is 2. The molecule has 0 aromatic carbocycles. The van der Waals surface area contributed by atoms with Crippen molar-refractivity contribution in [2.24, 2.45) is 7.05 Å². The van der Waals surface area contributed by atoms with Crippen LogP contribution < -0.4 is 10.9 Å². The maximum absolute atomic E-state index is 11.5. The summed E-state index contributed by atoms with van der Waals surface area (Å²) in [6.45, 7) is 4.97. The molecule has 1 aromatic rings. The Bertz CT molecular complexity index is 411. The van der Waals surface area contributed by atoms with Crippen LogP contribution in [0.1, 0.15) is 29.8 Å². The number of fused-ring (bicyclic) bond motifs is 1. The predicted molar refractivity (Wildman–Crippen MR) is 58.9 cm³/mol. The molecule has 1 aliphatic heterocycles.